The molecule has 0 aliphatic rings. The van der Waals surface area contributed by atoms with Crippen molar-refractivity contribution >= 4 is 5.69 Å². The van der Waals surface area contributed by atoms with Crippen LogP contribution in [-0.2, 0) is 11.2 Å². The topological polar surface area (TPSA) is 60.2 Å². The van der Waals surface area contributed by atoms with Gasteiger partial charge in [0.1, 0.15) is 0 Å². The molecule has 0 radical (unpaired) electrons. The van der Waals surface area contributed by atoms with Gasteiger partial charge in [-0.25, -0.2) is 0 Å². The van der Waals surface area contributed by atoms with E-state index in [2.05, 4.69) is 10.3 Å². The number of nitrogens with zero attached hydrogens (tertiary/aromatic N) is 1. The molecule has 0 aromatic carbocycles. The zero-order valence-electron chi connectivity index (χ0n) is 9.36. The van der Waals surface area contributed by atoms with Crippen molar-refractivity contribution in [2.75, 3.05) is 26.0 Å². The highest BCUT2D eigenvalue weighted by molar-refractivity contribution is 5.44. The third kappa shape index (κ3) is 3.85. The average molecular weight is 209 g/mol. The normalized spacial score (nSPS) is 12.7. The predicted octanol–water partition coefficient (Wildman–Crippen LogP) is 0.831. The van der Waals surface area contributed by atoms with Crippen molar-refractivity contribution < 1.29 is 4.74 Å². The van der Waals surface area contributed by atoms with Crippen molar-refractivity contribution in [2.24, 2.45) is 0 Å². The minimum Gasteiger partial charge on any atom is -0.398 e. The standard InChI is InChI=1S/C11H19N3O/c1-3-15-8-10(13-2)6-9-7-14-5-4-11(9)12/h4-5,7,10,13H,3,6,8H2,1-2H3,(H2,12,14). The summed E-state index contributed by atoms with van der Waals surface area (Å²) in [5.74, 6) is 0. The molecule has 1 aromatic heterocycles. The number of nitrogens with two attached hydrogens (primary N) is 1. The van der Waals surface area contributed by atoms with Gasteiger partial charge in [0.2, 0.25) is 0 Å². The zero-order valence-corrected chi connectivity index (χ0v) is 9.36. The van der Waals surface area contributed by atoms with Gasteiger partial charge in [0.25, 0.3) is 0 Å². The van der Waals surface area contributed by atoms with Crippen LogP contribution in [0.4, 0.5) is 5.69 Å². The van der Waals surface area contributed by atoms with E-state index >= 15 is 0 Å². The molecule has 15 heavy (non-hydrogen) atoms. The second-order valence-corrected chi connectivity index (χ2v) is 3.42. The van der Waals surface area contributed by atoms with Gasteiger partial charge < -0.3 is 15.8 Å². The molecule has 0 saturated carbocycles. The summed E-state index contributed by atoms with van der Waals surface area (Å²) in [6.07, 6.45) is 4.36. The Kier molecular flexibility index (Phi) is 5.07. The number of pyridine rings is 1. The lowest BCUT2D eigenvalue weighted by Crippen LogP contribution is -2.32. The van der Waals surface area contributed by atoms with Crippen LogP contribution < -0.4 is 11.1 Å². The number of hydrogen-bond donors (Lipinski definition) is 2. The molecule has 0 saturated heterocycles. The van der Waals surface area contributed by atoms with Crippen molar-refractivity contribution in [2.45, 2.75) is 19.4 Å². The number of ether oxygens (including phenoxy) is 1. The lowest BCUT2D eigenvalue weighted by atomic mass is 10.1. The molecular weight excluding hydrogens is 190 g/mol. The van der Waals surface area contributed by atoms with Crippen LogP contribution in [0.25, 0.3) is 0 Å². The van der Waals surface area contributed by atoms with Crippen LogP contribution in [0.3, 0.4) is 0 Å². The molecule has 1 aromatic rings. The number of rotatable bonds is 6. The maximum absolute atomic E-state index is 5.84. The Labute approximate surface area is 90.8 Å². The van der Waals surface area contributed by atoms with E-state index in [0.717, 1.165) is 24.3 Å². The van der Waals surface area contributed by atoms with Gasteiger partial charge in [-0.05, 0) is 32.0 Å². The fourth-order valence-electron chi connectivity index (χ4n) is 1.38. The Bertz CT molecular complexity index is 291. The van der Waals surface area contributed by atoms with Crippen molar-refractivity contribution in [1.82, 2.24) is 10.3 Å². The summed E-state index contributed by atoms with van der Waals surface area (Å²) in [4.78, 5) is 4.06. The Hall–Kier alpha value is -1.13. The van der Waals surface area contributed by atoms with Gasteiger partial charge >= 0.3 is 0 Å². The summed E-state index contributed by atoms with van der Waals surface area (Å²) >= 11 is 0. The Morgan fingerprint density at radius 1 is 1.60 bits per heavy atom. The molecule has 0 spiro atoms. The van der Waals surface area contributed by atoms with E-state index in [1.165, 1.54) is 0 Å². The monoisotopic (exact) mass is 209 g/mol. The van der Waals surface area contributed by atoms with Crippen molar-refractivity contribution in [3.8, 4) is 0 Å². The molecule has 1 heterocycles. The van der Waals surface area contributed by atoms with Gasteiger partial charge in [0.15, 0.2) is 0 Å². The average Bonchev–Trinajstić information content (AvgIpc) is 2.26. The first-order chi connectivity index (χ1) is 7.27. The minimum atomic E-state index is 0.288. The molecule has 0 fully saturated rings. The molecule has 84 valence electrons. The zero-order chi connectivity index (χ0) is 11.1. The highest BCUT2D eigenvalue weighted by Crippen LogP contribution is 2.11. The molecule has 1 unspecified atom stereocenters. The fourth-order valence-corrected chi connectivity index (χ4v) is 1.38. The maximum atomic E-state index is 5.84. The van der Waals surface area contributed by atoms with Crippen LogP contribution in [0.2, 0.25) is 0 Å². The molecule has 0 bridgehead atoms. The van der Waals surface area contributed by atoms with E-state index in [4.69, 9.17) is 10.5 Å². The van der Waals surface area contributed by atoms with Crippen LogP contribution in [0, 0.1) is 0 Å². The Morgan fingerprint density at radius 2 is 2.40 bits per heavy atom. The van der Waals surface area contributed by atoms with E-state index in [0.29, 0.717) is 6.61 Å². The minimum absolute atomic E-state index is 0.288. The Balaban J connectivity index is 2.54. The first kappa shape index (κ1) is 11.9. The summed E-state index contributed by atoms with van der Waals surface area (Å²) in [5.41, 5.74) is 7.70. The van der Waals surface area contributed by atoms with Crippen LogP contribution in [-0.4, -0.2) is 31.3 Å². The van der Waals surface area contributed by atoms with Gasteiger partial charge in [0, 0.05) is 30.7 Å². The summed E-state index contributed by atoms with van der Waals surface area (Å²) in [7, 11) is 1.93. The fraction of sp³-hybridized carbons (Fsp3) is 0.545. The molecule has 1 atom stereocenters. The highest BCUT2D eigenvalue weighted by Gasteiger charge is 2.09. The number of aromatic nitrogens is 1. The highest BCUT2D eigenvalue weighted by atomic mass is 16.5. The largest absolute Gasteiger partial charge is 0.398 e. The first-order valence-electron chi connectivity index (χ1n) is 5.21. The number of nitrogens with one attached hydrogen (secondary N) is 1. The third-order valence-electron chi connectivity index (χ3n) is 2.34. The molecule has 1 rings (SSSR count). The van der Waals surface area contributed by atoms with E-state index in [9.17, 15) is 0 Å². The van der Waals surface area contributed by atoms with Crippen molar-refractivity contribution in [3.63, 3.8) is 0 Å². The van der Waals surface area contributed by atoms with Gasteiger partial charge in [0.05, 0.1) is 6.61 Å². The quantitative estimate of drug-likeness (QED) is 0.728. The SMILES string of the molecule is CCOCC(Cc1cnccc1N)NC. The number of likely N-dealkylation sites (N-methyl/N-ethyl adjacent to an activating group) is 1. The third-order valence-corrected chi connectivity index (χ3v) is 2.34. The number of nitrogen functional groups attached to an aromatic ring is 1. The van der Waals surface area contributed by atoms with Gasteiger partial charge in [-0.2, -0.15) is 0 Å². The van der Waals surface area contributed by atoms with Gasteiger partial charge in [-0.15, -0.1) is 0 Å². The summed E-state index contributed by atoms with van der Waals surface area (Å²) in [5, 5.41) is 3.20. The molecule has 0 aliphatic heterocycles. The molecular formula is C11H19N3O. The molecule has 4 nitrogen and oxygen atoms in total. The van der Waals surface area contributed by atoms with Gasteiger partial charge in [-0.3, -0.25) is 4.98 Å². The number of anilines is 1. The summed E-state index contributed by atoms with van der Waals surface area (Å²) < 4.78 is 5.37. The summed E-state index contributed by atoms with van der Waals surface area (Å²) in [6.45, 7) is 3.42. The molecule has 3 N–H and O–H groups in total. The van der Waals surface area contributed by atoms with Crippen LogP contribution in [0.15, 0.2) is 18.5 Å². The van der Waals surface area contributed by atoms with Crippen molar-refractivity contribution in [1.29, 1.82) is 0 Å². The van der Waals surface area contributed by atoms with Crippen LogP contribution in [0.5, 0.6) is 0 Å². The molecule has 4 heteroatoms. The molecule has 0 aliphatic carbocycles. The lowest BCUT2D eigenvalue weighted by Gasteiger charge is -2.16. The lowest BCUT2D eigenvalue weighted by molar-refractivity contribution is 0.125. The maximum Gasteiger partial charge on any atom is 0.0622 e. The predicted molar refractivity (Wildman–Crippen MR) is 61.7 cm³/mol. The molecule has 0 amide bonds. The van der Waals surface area contributed by atoms with Crippen LogP contribution >= 0.6 is 0 Å². The smallest absolute Gasteiger partial charge is 0.0622 e. The van der Waals surface area contributed by atoms with E-state index in [1.807, 2.05) is 26.2 Å². The van der Waals surface area contributed by atoms with Crippen LogP contribution in [0.1, 0.15) is 12.5 Å². The van der Waals surface area contributed by atoms with Gasteiger partial charge in [-0.1, -0.05) is 0 Å². The van der Waals surface area contributed by atoms with E-state index in [-0.39, 0.29) is 6.04 Å². The summed E-state index contributed by atoms with van der Waals surface area (Å²) in [6, 6.07) is 2.11. The Morgan fingerprint density at radius 3 is 3.00 bits per heavy atom. The van der Waals surface area contributed by atoms with E-state index in [1.54, 1.807) is 6.20 Å². The second kappa shape index (κ2) is 6.37. The van der Waals surface area contributed by atoms with Crippen molar-refractivity contribution in [3.05, 3.63) is 24.0 Å². The second-order valence-electron chi connectivity index (χ2n) is 3.42. The first-order valence-corrected chi connectivity index (χ1v) is 5.21. The number of hydrogen-bond acceptors (Lipinski definition) is 4. The van der Waals surface area contributed by atoms with E-state index < -0.39 is 0 Å².